The predicted molar refractivity (Wildman–Crippen MR) is 36.3 cm³/mol. The highest BCUT2D eigenvalue weighted by atomic mass is 17.2. The van der Waals surface area contributed by atoms with Crippen molar-refractivity contribution in [1.29, 1.82) is 0 Å². The van der Waals surface area contributed by atoms with Crippen LogP contribution in [0.25, 0.3) is 0 Å². The minimum absolute atomic E-state index is 0.345. The molecule has 0 N–H and O–H groups in total. The molecular formula is C6H14O4. The number of rotatable bonds is 2. The van der Waals surface area contributed by atoms with E-state index >= 15 is 0 Å². The molecule has 0 atom stereocenters. The lowest BCUT2D eigenvalue weighted by atomic mass is 10.5. The van der Waals surface area contributed by atoms with Crippen LogP contribution in [0.15, 0.2) is 0 Å². The maximum atomic E-state index is 10.1. The van der Waals surface area contributed by atoms with Gasteiger partial charge < -0.3 is 4.74 Å². The summed E-state index contributed by atoms with van der Waals surface area (Å²) in [5.74, 6) is -0.345. The van der Waals surface area contributed by atoms with Gasteiger partial charge in [-0.1, -0.05) is 6.92 Å². The Morgan fingerprint density at radius 2 is 1.70 bits per heavy atom. The van der Waals surface area contributed by atoms with Crippen LogP contribution in [0, 0.1) is 0 Å². The first-order valence-corrected chi connectivity index (χ1v) is 2.86. The maximum Gasteiger partial charge on any atom is 0.342 e. The summed E-state index contributed by atoms with van der Waals surface area (Å²) in [7, 11) is 4.55. The van der Waals surface area contributed by atoms with Gasteiger partial charge >= 0.3 is 5.97 Å². The Hall–Kier alpha value is -0.610. The lowest BCUT2D eigenvalue weighted by Crippen LogP contribution is -1.99. The van der Waals surface area contributed by atoms with Crippen LogP contribution in [0.1, 0.15) is 13.3 Å². The van der Waals surface area contributed by atoms with Crippen LogP contribution in [0.3, 0.4) is 0 Å². The van der Waals surface area contributed by atoms with Crippen molar-refractivity contribution < 1.29 is 19.3 Å². The first-order chi connectivity index (χ1) is 4.72. The quantitative estimate of drug-likeness (QED) is 0.430. The number of carbonyl (C=O) groups is 1. The fourth-order valence-electron chi connectivity index (χ4n) is 0.152. The molecule has 0 bridgehead atoms. The molecule has 4 nitrogen and oxygen atoms in total. The van der Waals surface area contributed by atoms with Gasteiger partial charge in [-0.15, -0.1) is 0 Å². The van der Waals surface area contributed by atoms with Gasteiger partial charge in [0.05, 0.1) is 7.11 Å². The Morgan fingerprint density at radius 3 is 1.80 bits per heavy atom. The van der Waals surface area contributed by atoms with E-state index in [1.165, 1.54) is 7.11 Å². The molecule has 0 aliphatic rings. The molecule has 0 aliphatic carbocycles. The minimum atomic E-state index is -0.345. The highest BCUT2D eigenvalue weighted by Gasteiger charge is 1.93. The molecule has 0 fully saturated rings. The third-order valence-electron chi connectivity index (χ3n) is 0.465. The number of hydrogen-bond acceptors (Lipinski definition) is 4. The SMILES string of the molecule is CCC(=O)OOC.COC. The number of ether oxygens (including phenoxy) is 1. The molecule has 0 spiro atoms. The van der Waals surface area contributed by atoms with Gasteiger partial charge in [0.15, 0.2) is 0 Å². The molecule has 0 heterocycles. The van der Waals surface area contributed by atoms with Gasteiger partial charge in [-0.05, 0) is 0 Å². The highest BCUT2D eigenvalue weighted by molar-refractivity contribution is 5.68. The summed E-state index contributed by atoms with van der Waals surface area (Å²) in [6.07, 6.45) is 0.355. The van der Waals surface area contributed by atoms with Crippen molar-refractivity contribution in [3.05, 3.63) is 0 Å². The third kappa shape index (κ3) is 15.7. The van der Waals surface area contributed by atoms with Gasteiger partial charge in [-0.3, -0.25) is 4.89 Å². The lowest BCUT2D eigenvalue weighted by Gasteiger charge is -1.91. The van der Waals surface area contributed by atoms with Crippen molar-refractivity contribution in [1.82, 2.24) is 0 Å². The number of carbonyl (C=O) groups excluding carboxylic acids is 1. The molecule has 0 radical (unpaired) electrons. The van der Waals surface area contributed by atoms with E-state index in [1.54, 1.807) is 21.1 Å². The maximum absolute atomic E-state index is 10.1. The Bertz CT molecular complexity index is 72.1. The first kappa shape index (κ1) is 12.1. The fraction of sp³-hybridized carbons (Fsp3) is 0.833. The smallest absolute Gasteiger partial charge is 0.342 e. The van der Waals surface area contributed by atoms with E-state index in [2.05, 4.69) is 14.5 Å². The van der Waals surface area contributed by atoms with E-state index in [1.807, 2.05) is 0 Å². The number of methoxy groups -OCH3 is 1. The van der Waals surface area contributed by atoms with Gasteiger partial charge in [-0.2, -0.15) is 4.89 Å². The highest BCUT2D eigenvalue weighted by Crippen LogP contribution is 1.81. The second kappa shape index (κ2) is 11.2. The average Bonchev–Trinajstić information content (AvgIpc) is 1.90. The van der Waals surface area contributed by atoms with Gasteiger partial charge in [0.25, 0.3) is 0 Å². The monoisotopic (exact) mass is 150 g/mol. The Kier molecular flexibility index (Phi) is 13.6. The van der Waals surface area contributed by atoms with E-state index in [-0.39, 0.29) is 5.97 Å². The summed E-state index contributed by atoms with van der Waals surface area (Å²) in [5.41, 5.74) is 0. The minimum Gasteiger partial charge on any atom is -0.388 e. The van der Waals surface area contributed by atoms with Crippen molar-refractivity contribution in [3.8, 4) is 0 Å². The van der Waals surface area contributed by atoms with E-state index in [9.17, 15) is 4.79 Å². The molecule has 0 saturated carbocycles. The zero-order chi connectivity index (χ0) is 8.41. The van der Waals surface area contributed by atoms with E-state index in [4.69, 9.17) is 0 Å². The topological polar surface area (TPSA) is 44.8 Å². The largest absolute Gasteiger partial charge is 0.388 e. The summed E-state index contributed by atoms with van der Waals surface area (Å²) in [6.45, 7) is 1.70. The van der Waals surface area contributed by atoms with Crippen LogP contribution in [-0.4, -0.2) is 27.3 Å². The van der Waals surface area contributed by atoms with Crippen LogP contribution in [0.4, 0.5) is 0 Å². The van der Waals surface area contributed by atoms with Crippen LogP contribution < -0.4 is 0 Å². The zero-order valence-electron chi connectivity index (χ0n) is 6.84. The van der Waals surface area contributed by atoms with Crippen molar-refractivity contribution in [2.45, 2.75) is 13.3 Å². The van der Waals surface area contributed by atoms with Crippen molar-refractivity contribution >= 4 is 5.97 Å². The Labute approximate surface area is 61.0 Å². The summed E-state index contributed by atoms with van der Waals surface area (Å²) in [4.78, 5) is 18.2. The predicted octanol–water partition coefficient (Wildman–Crippen LogP) is 0.764. The number of hydrogen-bond donors (Lipinski definition) is 0. The normalized spacial score (nSPS) is 7.60. The molecule has 10 heavy (non-hydrogen) atoms. The molecule has 62 valence electrons. The van der Waals surface area contributed by atoms with Crippen LogP contribution >= 0.6 is 0 Å². The van der Waals surface area contributed by atoms with Crippen molar-refractivity contribution in [3.63, 3.8) is 0 Å². The van der Waals surface area contributed by atoms with E-state index in [0.717, 1.165) is 0 Å². The average molecular weight is 150 g/mol. The first-order valence-electron chi connectivity index (χ1n) is 2.86. The van der Waals surface area contributed by atoms with Gasteiger partial charge in [0, 0.05) is 20.6 Å². The van der Waals surface area contributed by atoms with Gasteiger partial charge in [0.2, 0.25) is 0 Å². The fourth-order valence-corrected chi connectivity index (χ4v) is 0.152. The van der Waals surface area contributed by atoms with Gasteiger partial charge in [0.1, 0.15) is 0 Å². The van der Waals surface area contributed by atoms with E-state index in [0.29, 0.717) is 6.42 Å². The second-order valence-corrected chi connectivity index (χ2v) is 1.38. The molecule has 0 aliphatic heterocycles. The Morgan fingerprint density at radius 1 is 1.30 bits per heavy atom. The molecular weight excluding hydrogens is 136 g/mol. The third-order valence-corrected chi connectivity index (χ3v) is 0.465. The molecule has 0 aromatic heterocycles. The van der Waals surface area contributed by atoms with Crippen LogP contribution in [-0.2, 0) is 19.3 Å². The summed E-state index contributed by atoms with van der Waals surface area (Å²) in [6, 6.07) is 0. The zero-order valence-corrected chi connectivity index (χ0v) is 6.84. The molecule has 0 unspecified atom stereocenters. The molecule has 0 aromatic rings. The summed E-state index contributed by atoms with van der Waals surface area (Å²) >= 11 is 0. The summed E-state index contributed by atoms with van der Waals surface area (Å²) < 4.78 is 4.25. The van der Waals surface area contributed by atoms with Crippen molar-refractivity contribution in [2.75, 3.05) is 21.3 Å². The standard InChI is InChI=1S/C4H8O3.C2H6O/c1-3-4(5)7-6-2;1-3-2/h3H2,1-2H3;1-2H3. The van der Waals surface area contributed by atoms with Crippen LogP contribution in [0.2, 0.25) is 0 Å². The summed E-state index contributed by atoms with van der Waals surface area (Å²) in [5, 5.41) is 0. The Balaban J connectivity index is 0. The molecule has 0 rings (SSSR count). The van der Waals surface area contributed by atoms with Gasteiger partial charge in [-0.25, -0.2) is 4.79 Å². The molecule has 0 aromatic carbocycles. The van der Waals surface area contributed by atoms with Crippen molar-refractivity contribution in [2.24, 2.45) is 0 Å². The second-order valence-electron chi connectivity index (χ2n) is 1.38. The lowest BCUT2D eigenvalue weighted by molar-refractivity contribution is -0.254. The molecule has 0 amide bonds. The molecule has 0 saturated heterocycles. The van der Waals surface area contributed by atoms with E-state index < -0.39 is 0 Å². The van der Waals surface area contributed by atoms with Crippen LogP contribution in [0.5, 0.6) is 0 Å². The molecule has 4 heteroatoms.